The smallest absolute Gasteiger partial charge is 0.258 e. The minimum Gasteiger partial charge on any atom is -0.482 e. The van der Waals surface area contributed by atoms with E-state index in [0.717, 1.165) is 11.4 Å². The topological polar surface area (TPSA) is 64.1 Å². The fourth-order valence-corrected chi connectivity index (χ4v) is 2.55. The standard InChI is InChI=1S/C16H15Cl2N3O2/c17-11-3-4-15(13(18)5-11)23-8-16(22)19-7-12-6-14(10-1-2-10)21-9-20-12/h3-6,9-10H,1-2,7-8H2,(H,19,22). The van der Waals surface area contributed by atoms with Gasteiger partial charge in [0.15, 0.2) is 6.61 Å². The highest BCUT2D eigenvalue weighted by atomic mass is 35.5. The number of nitrogens with one attached hydrogen (secondary N) is 1. The molecule has 7 heteroatoms. The van der Waals surface area contributed by atoms with Crippen molar-refractivity contribution >= 4 is 29.1 Å². The van der Waals surface area contributed by atoms with Crippen molar-refractivity contribution in [2.45, 2.75) is 25.3 Å². The summed E-state index contributed by atoms with van der Waals surface area (Å²) in [5.74, 6) is 0.731. The summed E-state index contributed by atoms with van der Waals surface area (Å²) in [6.07, 6.45) is 3.90. The molecule has 2 aromatic rings. The van der Waals surface area contributed by atoms with Crippen LogP contribution in [-0.2, 0) is 11.3 Å². The number of nitrogens with zero attached hydrogens (tertiary/aromatic N) is 2. The van der Waals surface area contributed by atoms with Gasteiger partial charge in [0.2, 0.25) is 0 Å². The Morgan fingerprint density at radius 1 is 1.26 bits per heavy atom. The molecule has 23 heavy (non-hydrogen) atoms. The van der Waals surface area contributed by atoms with E-state index in [1.807, 2.05) is 6.07 Å². The van der Waals surface area contributed by atoms with Crippen LogP contribution in [0.25, 0.3) is 0 Å². The summed E-state index contributed by atoms with van der Waals surface area (Å²) in [7, 11) is 0. The first-order chi connectivity index (χ1) is 11.1. The van der Waals surface area contributed by atoms with Gasteiger partial charge in [0.25, 0.3) is 5.91 Å². The van der Waals surface area contributed by atoms with Gasteiger partial charge in [0.05, 0.1) is 17.3 Å². The van der Waals surface area contributed by atoms with Crippen LogP contribution in [0.4, 0.5) is 0 Å². The van der Waals surface area contributed by atoms with Gasteiger partial charge in [-0.1, -0.05) is 23.2 Å². The summed E-state index contributed by atoms with van der Waals surface area (Å²) in [6.45, 7) is 0.223. The highest BCUT2D eigenvalue weighted by Gasteiger charge is 2.25. The van der Waals surface area contributed by atoms with E-state index in [0.29, 0.717) is 28.3 Å². The van der Waals surface area contributed by atoms with Crippen molar-refractivity contribution in [1.82, 2.24) is 15.3 Å². The second-order valence-corrected chi connectivity index (χ2v) is 6.19. The van der Waals surface area contributed by atoms with E-state index in [1.54, 1.807) is 24.5 Å². The molecule has 3 rings (SSSR count). The quantitative estimate of drug-likeness (QED) is 0.866. The van der Waals surface area contributed by atoms with Gasteiger partial charge < -0.3 is 10.1 Å². The van der Waals surface area contributed by atoms with Crippen molar-refractivity contribution in [1.29, 1.82) is 0 Å². The Morgan fingerprint density at radius 2 is 2.09 bits per heavy atom. The molecule has 1 aliphatic rings. The number of ether oxygens (including phenoxy) is 1. The van der Waals surface area contributed by atoms with Crippen LogP contribution in [0.2, 0.25) is 10.0 Å². The average Bonchev–Trinajstić information content (AvgIpc) is 3.37. The van der Waals surface area contributed by atoms with Crippen molar-refractivity contribution in [3.63, 3.8) is 0 Å². The molecule has 1 saturated carbocycles. The molecule has 0 bridgehead atoms. The number of aromatic nitrogens is 2. The Bertz CT molecular complexity index is 720. The molecule has 120 valence electrons. The summed E-state index contributed by atoms with van der Waals surface area (Å²) >= 11 is 11.8. The van der Waals surface area contributed by atoms with Gasteiger partial charge in [-0.15, -0.1) is 0 Å². The minimum absolute atomic E-state index is 0.123. The Labute approximate surface area is 144 Å². The van der Waals surface area contributed by atoms with Crippen molar-refractivity contribution in [3.05, 3.63) is 52.0 Å². The molecule has 1 fully saturated rings. The molecule has 0 radical (unpaired) electrons. The number of carbonyl (C=O) groups excluding carboxylic acids is 1. The molecule has 1 aliphatic carbocycles. The van der Waals surface area contributed by atoms with E-state index < -0.39 is 0 Å². The Morgan fingerprint density at radius 3 is 2.83 bits per heavy atom. The Hall–Kier alpha value is -1.85. The van der Waals surface area contributed by atoms with Crippen LogP contribution in [0, 0.1) is 0 Å². The van der Waals surface area contributed by atoms with Crippen molar-refractivity contribution in [2.75, 3.05) is 6.61 Å². The zero-order chi connectivity index (χ0) is 16.2. The van der Waals surface area contributed by atoms with E-state index in [-0.39, 0.29) is 12.5 Å². The van der Waals surface area contributed by atoms with Gasteiger partial charge in [-0.3, -0.25) is 4.79 Å². The Balaban J connectivity index is 1.48. The van der Waals surface area contributed by atoms with Crippen molar-refractivity contribution in [3.8, 4) is 5.75 Å². The predicted octanol–water partition coefficient (Wildman–Crippen LogP) is 3.36. The van der Waals surface area contributed by atoms with Crippen LogP contribution in [-0.4, -0.2) is 22.5 Å². The maximum atomic E-state index is 11.9. The number of amides is 1. The molecule has 0 aliphatic heterocycles. The number of hydrogen-bond donors (Lipinski definition) is 1. The molecular formula is C16H15Cl2N3O2. The number of carbonyl (C=O) groups is 1. The highest BCUT2D eigenvalue weighted by molar-refractivity contribution is 6.35. The van der Waals surface area contributed by atoms with Gasteiger partial charge in [0.1, 0.15) is 12.1 Å². The molecule has 1 N–H and O–H groups in total. The summed E-state index contributed by atoms with van der Waals surface area (Å²) in [6, 6.07) is 6.79. The summed E-state index contributed by atoms with van der Waals surface area (Å²) in [5, 5.41) is 3.65. The maximum absolute atomic E-state index is 11.9. The molecule has 0 unspecified atom stereocenters. The molecule has 0 atom stereocenters. The zero-order valence-corrected chi connectivity index (χ0v) is 13.8. The van der Waals surface area contributed by atoms with Crippen molar-refractivity contribution in [2.24, 2.45) is 0 Å². The summed E-state index contributed by atoms with van der Waals surface area (Å²) < 4.78 is 5.38. The molecule has 1 aromatic heterocycles. The van der Waals surface area contributed by atoms with E-state index >= 15 is 0 Å². The fourth-order valence-electron chi connectivity index (χ4n) is 2.09. The lowest BCUT2D eigenvalue weighted by molar-refractivity contribution is -0.123. The third-order valence-corrected chi connectivity index (χ3v) is 3.99. The number of benzene rings is 1. The molecular weight excluding hydrogens is 337 g/mol. The van der Waals surface area contributed by atoms with Crippen LogP contribution < -0.4 is 10.1 Å². The van der Waals surface area contributed by atoms with Gasteiger partial charge in [-0.25, -0.2) is 9.97 Å². The molecule has 0 spiro atoms. The lowest BCUT2D eigenvalue weighted by Crippen LogP contribution is -2.28. The largest absolute Gasteiger partial charge is 0.482 e. The number of halogens is 2. The molecule has 0 saturated heterocycles. The third-order valence-electron chi connectivity index (χ3n) is 3.46. The minimum atomic E-state index is -0.248. The molecule has 1 aromatic carbocycles. The van der Waals surface area contributed by atoms with Gasteiger partial charge in [-0.05, 0) is 37.1 Å². The van der Waals surface area contributed by atoms with E-state index in [4.69, 9.17) is 27.9 Å². The first kappa shape index (κ1) is 16.0. The predicted molar refractivity (Wildman–Crippen MR) is 87.8 cm³/mol. The van der Waals surface area contributed by atoms with E-state index in [9.17, 15) is 4.79 Å². The molecule has 1 heterocycles. The van der Waals surface area contributed by atoms with E-state index in [1.165, 1.54) is 12.8 Å². The van der Waals surface area contributed by atoms with Crippen molar-refractivity contribution < 1.29 is 9.53 Å². The fraction of sp³-hybridized carbons (Fsp3) is 0.312. The van der Waals surface area contributed by atoms with Crippen LogP contribution in [0.3, 0.4) is 0 Å². The zero-order valence-electron chi connectivity index (χ0n) is 12.3. The summed E-state index contributed by atoms with van der Waals surface area (Å²) in [5.41, 5.74) is 1.84. The highest BCUT2D eigenvalue weighted by Crippen LogP contribution is 2.38. The first-order valence-corrected chi connectivity index (χ1v) is 8.03. The second kappa shape index (κ2) is 7.15. The van der Waals surface area contributed by atoms with E-state index in [2.05, 4.69) is 15.3 Å². The lowest BCUT2D eigenvalue weighted by Gasteiger charge is -2.09. The van der Waals surface area contributed by atoms with Gasteiger partial charge in [-0.2, -0.15) is 0 Å². The Kier molecular flexibility index (Phi) is 4.98. The van der Waals surface area contributed by atoms with Crippen LogP contribution in [0.15, 0.2) is 30.6 Å². The third kappa shape index (κ3) is 4.56. The molecule has 1 amide bonds. The van der Waals surface area contributed by atoms with Crippen LogP contribution in [0.5, 0.6) is 5.75 Å². The van der Waals surface area contributed by atoms with Crippen LogP contribution >= 0.6 is 23.2 Å². The summed E-state index contributed by atoms with van der Waals surface area (Å²) in [4.78, 5) is 20.3. The number of rotatable bonds is 6. The van der Waals surface area contributed by atoms with Gasteiger partial charge in [0, 0.05) is 16.6 Å². The normalized spacial score (nSPS) is 13.7. The monoisotopic (exact) mass is 351 g/mol. The maximum Gasteiger partial charge on any atom is 0.258 e. The van der Waals surface area contributed by atoms with Gasteiger partial charge >= 0.3 is 0 Å². The lowest BCUT2D eigenvalue weighted by atomic mass is 10.2. The SMILES string of the molecule is O=C(COc1ccc(Cl)cc1Cl)NCc1cc(C2CC2)ncn1. The average molecular weight is 352 g/mol. The second-order valence-electron chi connectivity index (χ2n) is 5.35. The first-order valence-electron chi connectivity index (χ1n) is 7.27. The van der Waals surface area contributed by atoms with Crippen LogP contribution in [0.1, 0.15) is 30.1 Å². The molecule has 5 nitrogen and oxygen atoms in total. The number of hydrogen-bond acceptors (Lipinski definition) is 4.